The third-order valence-electron chi connectivity index (χ3n) is 3.81. The lowest BCUT2D eigenvalue weighted by Gasteiger charge is -2.08. The van der Waals surface area contributed by atoms with Gasteiger partial charge in [-0.3, -0.25) is 19.3 Å². The fourth-order valence-corrected chi connectivity index (χ4v) is 2.95. The van der Waals surface area contributed by atoms with Crippen molar-refractivity contribution in [3.8, 4) is 0 Å². The Labute approximate surface area is 169 Å². The van der Waals surface area contributed by atoms with Gasteiger partial charge in [0.05, 0.1) is 10.2 Å². The number of carbonyl (C=O) groups excluding carboxylic acids is 2. The molecule has 9 heteroatoms. The second-order valence-electron chi connectivity index (χ2n) is 5.91. The first-order valence-electron chi connectivity index (χ1n) is 8.29. The number of aryl methyl sites for hydroxylation is 1. The number of anilines is 1. The van der Waals surface area contributed by atoms with Gasteiger partial charge in [-0.15, -0.1) is 0 Å². The number of benzene rings is 1. The highest BCUT2D eigenvalue weighted by Gasteiger charge is 2.14. The van der Waals surface area contributed by atoms with Crippen LogP contribution >= 0.6 is 15.9 Å². The van der Waals surface area contributed by atoms with Crippen LogP contribution in [0.2, 0.25) is 0 Å². The zero-order valence-electron chi connectivity index (χ0n) is 15.2. The van der Waals surface area contributed by atoms with Crippen LogP contribution in [-0.2, 0) is 7.05 Å². The SMILES string of the molecule is C/C(=N/NC(=O)c1nn(C)cc1Br)c1cccc(NC(=O)c2ccncc2)c1. The fourth-order valence-electron chi connectivity index (χ4n) is 2.39. The Kier molecular flexibility index (Phi) is 5.95. The van der Waals surface area contributed by atoms with Crippen molar-refractivity contribution in [3.05, 3.63) is 76.3 Å². The predicted molar refractivity (Wildman–Crippen MR) is 109 cm³/mol. The number of hydrogen-bond donors (Lipinski definition) is 2. The Morgan fingerprint density at radius 3 is 2.54 bits per heavy atom. The molecule has 8 nitrogen and oxygen atoms in total. The summed E-state index contributed by atoms with van der Waals surface area (Å²) in [4.78, 5) is 28.4. The molecule has 0 unspecified atom stereocenters. The second-order valence-corrected chi connectivity index (χ2v) is 6.76. The first kappa shape index (κ1) is 19.4. The Bertz CT molecular complexity index is 1050. The topological polar surface area (TPSA) is 101 Å². The summed E-state index contributed by atoms with van der Waals surface area (Å²) in [6, 6.07) is 10.5. The Morgan fingerprint density at radius 1 is 1.11 bits per heavy atom. The van der Waals surface area contributed by atoms with Gasteiger partial charge in [0.25, 0.3) is 11.8 Å². The first-order valence-corrected chi connectivity index (χ1v) is 9.09. The van der Waals surface area contributed by atoms with Gasteiger partial charge in [0.1, 0.15) is 0 Å². The van der Waals surface area contributed by atoms with Gasteiger partial charge < -0.3 is 5.32 Å². The molecule has 2 N–H and O–H groups in total. The van der Waals surface area contributed by atoms with Crippen molar-refractivity contribution in [1.29, 1.82) is 0 Å². The number of hydrogen-bond acceptors (Lipinski definition) is 5. The monoisotopic (exact) mass is 440 g/mol. The average Bonchev–Trinajstić information content (AvgIpc) is 3.05. The summed E-state index contributed by atoms with van der Waals surface area (Å²) in [5.74, 6) is -0.656. The van der Waals surface area contributed by atoms with Crippen molar-refractivity contribution in [2.45, 2.75) is 6.92 Å². The highest BCUT2D eigenvalue weighted by atomic mass is 79.9. The van der Waals surface area contributed by atoms with Gasteiger partial charge in [-0.1, -0.05) is 12.1 Å². The molecule has 1 aromatic carbocycles. The van der Waals surface area contributed by atoms with Crippen LogP contribution in [0, 0.1) is 0 Å². The molecule has 2 heterocycles. The van der Waals surface area contributed by atoms with E-state index in [1.54, 1.807) is 62.9 Å². The van der Waals surface area contributed by atoms with E-state index in [2.05, 4.69) is 41.9 Å². The largest absolute Gasteiger partial charge is 0.322 e. The summed E-state index contributed by atoms with van der Waals surface area (Å²) in [6.07, 6.45) is 4.80. The molecule has 0 saturated heterocycles. The van der Waals surface area contributed by atoms with E-state index < -0.39 is 5.91 Å². The zero-order chi connectivity index (χ0) is 20.1. The summed E-state index contributed by atoms with van der Waals surface area (Å²) in [5, 5.41) is 11.0. The number of nitrogens with one attached hydrogen (secondary N) is 2. The zero-order valence-corrected chi connectivity index (χ0v) is 16.8. The van der Waals surface area contributed by atoms with Crippen LogP contribution in [0.3, 0.4) is 0 Å². The van der Waals surface area contributed by atoms with Crippen LogP contribution < -0.4 is 10.7 Å². The number of aromatic nitrogens is 3. The number of halogens is 1. The van der Waals surface area contributed by atoms with Crippen molar-refractivity contribution in [2.75, 3.05) is 5.32 Å². The van der Waals surface area contributed by atoms with Gasteiger partial charge in [0.2, 0.25) is 0 Å². The van der Waals surface area contributed by atoms with Crippen LogP contribution in [0.4, 0.5) is 5.69 Å². The lowest BCUT2D eigenvalue weighted by molar-refractivity contribution is 0.0947. The normalized spacial score (nSPS) is 11.2. The van der Waals surface area contributed by atoms with E-state index in [0.717, 1.165) is 5.56 Å². The molecule has 2 aromatic heterocycles. The summed E-state index contributed by atoms with van der Waals surface area (Å²) in [5.41, 5.74) is 5.21. The molecule has 0 radical (unpaired) electrons. The van der Waals surface area contributed by atoms with Crippen molar-refractivity contribution in [2.24, 2.45) is 12.1 Å². The molecular formula is C19H17BrN6O2. The molecule has 2 amide bonds. The van der Waals surface area contributed by atoms with E-state index in [1.165, 1.54) is 4.68 Å². The van der Waals surface area contributed by atoms with E-state index in [0.29, 0.717) is 21.4 Å². The van der Waals surface area contributed by atoms with Crippen LogP contribution in [0.25, 0.3) is 0 Å². The Hall–Kier alpha value is -3.33. The van der Waals surface area contributed by atoms with Crippen molar-refractivity contribution < 1.29 is 9.59 Å². The lowest BCUT2D eigenvalue weighted by atomic mass is 10.1. The molecule has 28 heavy (non-hydrogen) atoms. The fraction of sp³-hybridized carbons (Fsp3) is 0.105. The van der Waals surface area contributed by atoms with Gasteiger partial charge in [0.15, 0.2) is 5.69 Å². The Balaban J connectivity index is 1.70. The summed E-state index contributed by atoms with van der Waals surface area (Å²) >= 11 is 3.28. The van der Waals surface area contributed by atoms with E-state index in [4.69, 9.17) is 0 Å². The first-order chi connectivity index (χ1) is 13.4. The van der Waals surface area contributed by atoms with Crippen molar-refractivity contribution in [1.82, 2.24) is 20.2 Å². The second kappa shape index (κ2) is 8.57. The van der Waals surface area contributed by atoms with Gasteiger partial charge in [-0.2, -0.15) is 10.2 Å². The number of carbonyl (C=O) groups is 2. The third kappa shape index (κ3) is 4.68. The number of amides is 2. The molecule has 0 fully saturated rings. The number of pyridine rings is 1. The molecular weight excluding hydrogens is 424 g/mol. The van der Waals surface area contributed by atoms with E-state index in [-0.39, 0.29) is 11.6 Å². The summed E-state index contributed by atoms with van der Waals surface area (Å²) in [6.45, 7) is 1.76. The van der Waals surface area contributed by atoms with Gasteiger partial charge in [0, 0.05) is 36.9 Å². The third-order valence-corrected chi connectivity index (χ3v) is 4.39. The molecule has 0 atom stereocenters. The Morgan fingerprint density at radius 2 is 1.86 bits per heavy atom. The molecule has 142 valence electrons. The van der Waals surface area contributed by atoms with Crippen LogP contribution in [0.1, 0.15) is 33.3 Å². The number of rotatable bonds is 5. The standard InChI is InChI=1S/C19H17BrN6O2/c1-12(23-24-19(28)17-16(20)11-26(2)25-17)14-4-3-5-15(10-14)22-18(27)13-6-8-21-9-7-13/h3-11H,1-2H3,(H,22,27)(H,24,28)/b23-12-. The maximum atomic E-state index is 12.3. The quantitative estimate of drug-likeness (QED) is 0.470. The van der Waals surface area contributed by atoms with Gasteiger partial charge in [-0.05, 0) is 52.7 Å². The maximum Gasteiger partial charge on any atom is 0.293 e. The van der Waals surface area contributed by atoms with Crippen molar-refractivity contribution in [3.63, 3.8) is 0 Å². The van der Waals surface area contributed by atoms with Crippen LogP contribution in [0.15, 0.2) is 64.6 Å². The van der Waals surface area contributed by atoms with Crippen LogP contribution in [0.5, 0.6) is 0 Å². The molecule has 3 rings (SSSR count). The minimum Gasteiger partial charge on any atom is -0.322 e. The van der Waals surface area contributed by atoms with E-state index in [1.807, 2.05) is 6.07 Å². The molecule has 0 aliphatic carbocycles. The molecule has 0 aliphatic rings. The minimum atomic E-state index is -0.422. The molecule has 0 aliphatic heterocycles. The number of nitrogens with zero attached hydrogens (tertiary/aromatic N) is 4. The highest BCUT2D eigenvalue weighted by molar-refractivity contribution is 9.10. The van der Waals surface area contributed by atoms with E-state index in [9.17, 15) is 9.59 Å². The smallest absolute Gasteiger partial charge is 0.293 e. The molecule has 0 saturated carbocycles. The predicted octanol–water partition coefficient (Wildman–Crippen LogP) is 2.98. The van der Waals surface area contributed by atoms with Gasteiger partial charge >= 0.3 is 0 Å². The molecule has 3 aromatic rings. The summed E-state index contributed by atoms with van der Waals surface area (Å²) in [7, 11) is 1.72. The molecule has 0 spiro atoms. The minimum absolute atomic E-state index is 0.234. The summed E-state index contributed by atoms with van der Waals surface area (Å²) < 4.78 is 2.12. The molecule has 0 bridgehead atoms. The van der Waals surface area contributed by atoms with Gasteiger partial charge in [-0.25, -0.2) is 5.43 Å². The van der Waals surface area contributed by atoms with Crippen LogP contribution in [-0.4, -0.2) is 32.3 Å². The highest BCUT2D eigenvalue weighted by Crippen LogP contribution is 2.15. The van der Waals surface area contributed by atoms with Crippen molar-refractivity contribution >= 4 is 39.1 Å². The number of hydrazone groups is 1. The van der Waals surface area contributed by atoms with E-state index >= 15 is 0 Å². The lowest BCUT2D eigenvalue weighted by Crippen LogP contribution is -2.20. The maximum absolute atomic E-state index is 12.3. The average molecular weight is 441 g/mol.